The molecule has 0 radical (unpaired) electrons. The molecule has 3 rings (SSSR count). The molecular weight excluding hydrogens is 456 g/mol. The fourth-order valence-corrected chi connectivity index (χ4v) is 4.44. The van der Waals surface area contributed by atoms with Crippen LogP contribution in [0.15, 0.2) is 42.5 Å². The second-order valence-corrected chi connectivity index (χ2v) is 8.85. The Hall–Kier alpha value is -3.52. The van der Waals surface area contributed by atoms with Crippen molar-refractivity contribution < 1.29 is 19.4 Å². The lowest BCUT2D eigenvalue weighted by molar-refractivity contribution is 0.0688. The Kier molecular flexibility index (Phi) is 9.36. The van der Waals surface area contributed by atoms with Gasteiger partial charge in [0, 0.05) is 6.54 Å². The average Bonchev–Trinajstić information content (AvgIpc) is 3.27. The molecule has 0 bridgehead atoms. The zero-order valence-electron chi connectivity index (χ0n) is 22.2. The van der Waals surface area contributed by atoms with Crippen LogP contribution in [0.5, 0.6) is 11.5 Å². The van der Waals surface area contributed by atoms with E-state index in [1.165, 1.54) is 4.68 Å². The van der Waals surface area contributed by atoms with Crippen molar-refractivity contribution in [1.29, 1.82) is 0 Å². The largest absolute Gasteiger partial charge is 0.496 e. The van der Waals surface area contributed by atoms with E-state index in [1.807, 2.05) is 42.5 Å². The minimum absolute atomic E-state index is 0.0777. The normalized spacial score (nSPS) is 11.2. The van der Waals surface area contributed by atoms with Crippen molar-refractivity contribution in [2.24, 2.45) is 0 Å². The van der Waals surface area contributed by atoms with Gasteiger partial charge in [-0.15, -0.1) is 0 Å². The van der Waals surface area contributed by atoms with Gasteiger partial charge in [-0.3, -0.25) is 0 Å². The third-order valence-corrected chi connectivity index (χ3v) is 6.39. The van der Waals surface area contributed by atoms with Gasteiger partial charge in [0.05, 0.1) is 31.2 Å². The van der Waals surface area contributed by atoms with Gasteiger partial charge < -0.3 is 24.8 Å². The molecule has 0 spiro atoms. The summed E-state index contributed by atoms with van der Waals surface area (Å²) in [5.74, 6) is 0.229. The third-order valence-electron chi connectivity index (χ3n) is 6.39. The van der Waals surface area contributed by atoms with Gasteiger partial charge in [-0.2, -0.15) is 5.10 Å². The van der Waals surface area contributed by atoms with Crippen LogP contribution in [0.1, 0.15) is 56.1 Å². The summed E-state index contributed by atoms with van der Waals surface area (Å²) < 4.78 is 12.8. The number of benzene rings is 2. The van der Waals surface area contributed by atoms with Gasteiger partial charge in [-0.05, 0) is 55.7 Å². The fraction of sp³-hybridized carbons (Fsp3) is 0.429. The van der Waals surface area contributed by atoms with E-state index in [1.54, 1.807) is 14.2 Å². The summed E-state index contributed by atoms with van der Waals surface area (Å²) >= 11 is 0. The van der Waals surface area contributed by atoms with Crippen LogP contribution in [0, 0.1) is 0 Å². The Morgan fingerprint density at radius 3 is 2.25 bits per heavy atom. The molecule has 194 valence electrons. The zero-order valence-corrected chi connectivity index (χ0v) is 22.2. The Balaban J connectivity index is 2.22. The standard InChI is InChI=1S/C28H38N4O4/c1-7-31(8-2)18-12-17-29-26-25(24-22(35-5)15-11-16-23(24)36-6)30-32(27(26)28(33)34)21-14-10-9-13-20(21)19(3)4/h9-11,13-16,19,29H,7-8,12,17-18H2,1-6H3,(H,33,34). The lowest BCUT2D eigenvalue weighted by atomic mass is 10.0. The number of para-hydroxylation sites is 1. The minimum Gasteiger partial charge on any atom is -0.496 e. The van der Waals surface area contributed by atoms with Gasteiger partial charge in [0.1, 0.15) is 17.2 Å². The molecular formula is C28H38N4O4. The number of rotatable bonds is 13. The Morgan fingerprint density at radius 1 is 1.06 bits per heavy atom. The van der Waals surface area contributed by atoms with Gasteiger partial charge in [-0.1, -0.05) is 52.0 Å². The maximum Gasteiger partial charge on any atom is 0.356 e. The lowest BCUT2D eigenvalue weighted by Crippen LogP contribution is -2.25. The van der Waals surface area contributed by atoms with E-state index >= 15 is 0 Å². The summed E-state index contributed by atoms with van der Waals surface area (Å²) in [6, 6.07) is 13.2. The second kappa shape index (κ2) is 12.4. The maximum atomic E-state index is 12.7. The van der Waals surface area contributed by atoms with Gasteiger partial charge in [-0.25, -0.2) is 9.48 Å². The second-order valence-electron chi connectivity index (χ2n) is 8.85. The van der Waals surface area contributed by atoms with Crippen LogP contribution < -0.4 is 14.8 Å². The summed E-state index contributed by atoms with van der Waals surface area (Å²) in [5.41, 5.74) is 3.35. The number of nitrogens with zero attached hydrogens (tertiary/aromatic N) is 3. The van der Waals surface area contributed by atoms with E-state index in [-0.39, 0.29) is 11.6 Å². The van der Waals surface area contributed by atoms with E-state index < -0.39 is 5.97 Å². The number of aromatic carboxylic acids is 1. The number of hydrogen-bond donors (Lipinski definition) is 2. The summed E-state index contributed by atoms with van der Waals surface area (Å²) in [5, 5.41) is 18.7. The van der Waals surface area contributed by atoms with E-state index in [2.05, 4.69) is 37.9 Å². The topological polar surface area (TPSA) is 88.9 Å². The van der Waals surface area contributed by atoms with E-state index in [9.17, 15) is 9.90 Å². The third kappa shape index (κ3) is 5.65. The molecule has 1 aromatic heterocycles. The first-order chi connectivity index (χ1) is 17.4. The number of carboxylic acids is 1. The van der Waals surface area contributed by atoms with Crippen molar-refractivity contribution in [3.8, 4) is 28.4 Å². The maximum absolute atomic E-state index is 12.7. The molecule has 36 heavy (non-hydrogen) atoms. The number of hydrogen-bond acceptors (Lipinski definition) is 6. The highest BCUT2D eigenvalue weighted by Crippen LogP contribution is 2.43. The van der Waals surface area contributed by atoms with Gasteiger partial charge in [0.25, 0.3) is 0 Å². The van der Waals surface area contributed by atoms with Gasteiger partial charge in [0.15, 0.2) is 5.69 Å². The average molecular weight is 495 g/mol. The molecule has 0 atom stereocenters. The van der Waals surface area contributed by atoms with Crippen LogP contribution in [-0.2, 0) is 0 Å². The first-order valence-electron chi connectivity index (χ1n) is 12.5. The SMILES string of the molecule is CCN(CC)CCCNc1c(-c2c(OC)cccc2OC)nn(-c2ccccc2C(C)C)c1C(=O)O. The highest BCUT2D eigenvalue weighted by Gasteiger charge is 2.29. The molecule has 2 aromatic carbocycles. The number of methoxy groups -OCH3 is 2. The van der Waals surface area contributed by atoms with Crippen molar-refractivity contribution in [3.63, 3.8) is 0 Å². The number of ether oxygens (including phenoxy) is 2. The predicted octanol–water partition coefficient (Wildman–Crippen LogP) is 5.52. The van der Waals surface area contributed by atoms with Crippen molar-refractivity contribution >= 4 is 11.7 Å². The van der Waals surface area contributed by atoms with Crippen LogP contribution in [0.2, 0.25) is 0 Å². The smallest absolute Gasteiger partial charge is 0.356 e. The van der Waals surface area contributed by atoms with Crippen LogP contribution in [0.25, 0.3) is 16.9 Å². The predicted molar refractivity (Wildman–Crippen MR) is 144 cm³/mol. The molecule has 0 aliphatic heterocycles. The number of anilines is 1. The zero-order chi connectivity index (χ0) is 26.2. The molecule has 2 N–H and O–H groups in total. The molecule has 0 fully saturated rings. The molecule has 0 saturated heterocycles. The fourth-order valence-electron chi connectivity index (χ4n) is 4.44. The molecule has 3 aromatic rings. The molecule has 0 aliphatic carbocycles. The molecule has 0 unspecified atom stereocenters. The highest BCUT2D eigenvalue weighted by molar-refractivity contribution is 5.99. The van der Waals surface area contributed by atoms with Crippen LogP contribution >= 0.6 is 0 Å². The molecule has 0 saturated carbocycles. The summed E-state index contributed by atoms with van der Waals surface area (Å²) in [6.07, 6.45) is 0.858. The number of carboxylic acid groups (broad SMARTS) is 1. The Bertz CT molecular complexity index is 1150. The van der Waals surface area contributed by atoms with Crippen molar-refractivity contribution in [2.45, 2.75) is 40.0 Å². The first-order valence-corrected chi connectivity index (χ1v) is 12.5. The molecule has 8 heteroatoms. The van der Waals surface area contributed by atoms with Crippen LogP contribution in [-0.4, -0.2) is 66.2 Å². The van der Waals surface area contributed by atoms with E-state index in [4.69, 9.17) is 14.6 Å². The van der Waals surface area contributed by atoms with Crippen molar-refractivity contribution in [1.82, 2.24) is 14.7 Å². The van der Waals surface area contributed by atoms with Crippen LogP contribution in [0.4, 0.5) is 5.69 Å². The van der Waals surface area contributed by atoms with E-state index in [0.717, 1.165) is 37.3 Å². The van der Waals surface area contributed by atoms with Crippen LogP contribution in [0.3, 0.4) is 0 Å². The summed E-state index contributed by atoms with van der Waals surface area (Å²) in [7, 11) is 3.16. The molecule has 0 aliphatic rings. The number of aromatic nitrogens is 2. The summed E-state index contributed by atoms with van der Waals surface area (Å²) in [4.78, 5) is 15.1. The minimum atomic E-state index is -1.06. The monoisotopic (exact) mass is 494 g/mol. The van der Waals surface area contributed by atoms with Gasteiger partial charge >= 0.3 is 5.97 Å². The van der Waals surface area contributed by atoms with Crippen molar-refractivity contribution in [3.05, 3.63) is 53.7 Å². The number of carbonyl (C=O) groups is 1. The molecule has 8 nitrogen and oxygen atoms in total. The van der Waals surface area contributed by atoms with E-state index in [0.29, 0.717) is 35.0 Å². The number of nitrogens with one attached hydrogen (secondary N) is 1. The quantitative estimate of drug-likeness (QED) is 0.302. The summed E-state index contributed by atoms with van der Waals surface area (Å²) in [6.45, 7) is 11.9. The van der Waals surface area contributed by atoms with Crippen molar-refractivity contribution in [2.75, 3.05) is 45.7 Å². The first kappa shape index (κ1) is 27.1. The Morgan fingerprint density at radius 2 is 1.69 bits per heavy atom. The molecule has 0 amide bonds. The lowest BCUT2D eigenvalue weighted by Gasteiger charge is -2.18. The highest BCUT2D eigenvalue weighted by atomic mass is 16.5. The molecule has 1 heterocycles. The Labute approximate surface area is 213 Å². The van der Waals surface area contributed by atoms with Gasteiger partial charge in [0.2, 0.25) is 0 Å².